The zero-order valence-electron chi connectivity index (χ0n) is 12.9. The Kier molecular flexibility index (Phi) is 5.51. The molecule has 0 unspecified atom stereocenters. The van der Waals surface area contributed by atoms with Crippen LogP contribution in [0.4, 0.5) is 14.5 Å². The number of rotatable bonds is 6. The summed E-state index contributed by atoms with van der Waals surface area (Å²) in [4.78, 5) is 14.1. The number of benzene rings is 2. The summed E-state index contributed by atoms with van der Waals surface area (Å²) in [5.74, 6) is -0.385. The van der Waals surface area contributed by atoms with Gasteiger partial charge in [0.25, 0.3) is 5.91 Å². The van der Waals surface area contributed by atoms with Crippen molar-refractivity contribution < 1.29 is 18.3 Å². The van der Waals surface area contributed by atoms with Gasteiger partial charge in [-0.1, -0.05) is 18.2 Å². The first kappa shape index (κ1) is 16.7. The summed E-state index contributed by atoms with van der Waals surface area (Å²) in [6.45, 7) is -2.56. The average molecular weight is 320 g/mol. The van der Waals surface area contributed by atoms with Crippen LogP contribution >= 0.6 is 0 Å². The Balaban J connectivity index is 1.96. The maximum absolute atomic E-state index is 12.2. The number of anilines is 1. The van der Waals surface area contributed by atoms with E-state index in [4.69, 9.17) is 0 Å². The van der Waals surface area contributed by atoms with Gasteiger partial charge in [-0.25, -0.2) is 0 Å². The van der Waals surface area contributed by atoms with Crippen LogP contribution in [0.5, 0.6) is 5.75 Å². The molecule has 0 aliphatic rings. The van der Waals surface area contributed by atoms with E-state index in [-0.39, 0.29) is 17.2 Å². The van der Waals surface area contributed by atoms with Crippen LogP contribution in [0.25, 0.3) is 0 Å². The molecule has 0 saturated carbocycles. The van der Waals surface area contributed by atoms with Crippen molar-refractivity contribution in [3.63, 3.8) is 0 Å². The lowest BCUT2D eigenvalue weighted by molar-refractivity contribution is -0.0498. The van der Waals surface area contributed by atoms with Crippen LogP contribution in [-0.2, 0) is 6.54 Å². The van der Waals surface area contributed by atoms with Gasteiger partial charge in [0.15, 0.2) is 0 Å². The lowest BCUT2D eigenvalue weighted by Crippen LogP contribution is -2.22. The maximum Gasteiger partial charge on any atom is 0.387 e. The third-order valence-electron chi connectivity index (χ3n) is 3.23. The fraction of sp³-hybridized carbons (Fsp3) is 0.235. The van der Waals surface area contributed by atoms with Crippen LogP contribution < -0.4 is 15.0 Å². The molecule has 6 heteroatoms. The zero-order chi connectivity index (χ0) is 16.8. The lowest BCUT2D eigenvalue weighted by atomic mass is 10.1. The summed E-state index contributed by atoms with van der Waals surface area (Å²) in [6.07, 6.45) is 0. The van der Waals surface area contributed by atoms with E-state index in [2.05, 4.69) is 10.1 Å². The molecule has 0 aromatic heterocycles. The number of halogens is 2. The first-order valence-electron chi connectivity index (χ1n) is 7.05. The minimum absolute atomic E-state index is 0.0389. The summed E-state index contributed by atoms with van der Waals surface area (Å²) >= 11 is 0. The topological polar surface area (TPSA) is 41.6 Å². The molecule has 0 atom stereocenters. The molecule has 0 spiro atoms. The van der Waals surface area contributed by atoms with Gasteiger partial charge in [0.05, 0.1) is 0 Å². The van der Waals surface area contributed by atoms with Crippen LogP contribution in [0.1, 0.15) is 15.9 Å². The number of carbonyl (C=O) groups is 1. The molecular weight excluding hydrogens is 302 g/mol. The van der Waals surface area contributed by atoms with Crippen LogP contribution in [0, 0.1) is 0 Å². The Morgan fingerprint density at radius 3 is 2.48 bits per heavy atom. The minimum atomic E-state index is -2.91. The number of carbonyl (C=O) groups excluding carboxylic acids is 1. The molecule has 0 bridgehead atoms. The molecular formula is C17H18F2N2O2. The van der Waals surface area contributed by atoms with Crippen LogP contribution in [0.2, 0.25) is 0 Å². The molecule has 2 aromatic rings. The van der Waals surface area contributed by atoms with Crippen LogP contribution in [0.15, 0.2) is 48.5 Å². The third kappa shape index (κ3) is 4.95. The fourth-order valence-corrected chi connectivity index (χ4v) is 2.01. The van der Waals surface area contributed by atoms with E-state index < -0.39 is 6.61 Å². The van der Waals surface area contributed by atoms with Crippen molar-refractivity contribution in [2.75, 3.05) is 19.0 Å². The highest BCUT2D eigenvalue weighted by Gasteiger charge is 2.09. The number of hydrogen-bond donors (Lipinski definition) is 1. The van der Waals surface area contributed by atoms with Gasteiger partial charge in [-0.05, 0) is 35.9 Å². The average Bonchev–Trinajstić information content (AvgIpc) is 2.52. The van der Waals surface area contributed by atoms with E-state index in [1.807, 2.05) is 43.3 Å². The monoisotopic (exact) mass is 320 g/mol. The van der Waals surface area contributed by atoms with E-state index >= 15 is 0 Å². The highest BCUT2D eigenvalue weighted by Crippen LogP contribution is 2.16. The molecule has 23 heavy (non-hydrogen) atoms. The number of hydrogen-bond acceptors (Lipinski definition) is 3. The van der Waals surface area contributed by atoms with Crippen LogP contribution in [-0.4, -0.2) is 26.6 Å². The Labute approximate surface area is 133 Å². The minimum Gasteiger partial charge on any atom is -0.435 e. The molecule has 0 heterocycles. The molecule has 0 aliphatic heterocycles. The number of nitrogens with one attached hydrogen (secondary N) is 1. The lowest BCUT2D eigenvalue weighted by Gasteiger charge is -2.13. The molecule has 0 aliphatic carbocycles. The van der Waals surface area contributed by atoms with Gasteiger partial charge in [-0.15, -0.1) is 0 Å². The van der Waals surface area contributed by atoms with Crippen molar-refractivity contribution in [1.29, 1.82) is 0 Å². The molecule has 2 rings (SSSR count). The summed E-state index contributed by atoms with van der Waals surface area (Å²) < 4.78 is 28.7. The Morgan fingerprint density at radius 1 is 1.17 bits per heavy atom. The van der Waals surface area contributed by atoms with Crippen molar-refractivity contribution >= 4 is 11.6 Å². The molecule has 0 fully saturated rings. The molecule has 0 saturated heterocycles. The second-order valence-corrected chi connectivity index (χ2v) is 5.15. The van der Waals surface area contributed by atoms with Gasteiger partial charge in [-0.3, -0.25) is 4.79 Å². The molecule has 0 radical (unpaired) electrons. The Hall–Kier alpha value is -2.63. The standard InChI is InChI=1S/C17H18F2N2O2/c1-21(2)14-8-6-12(7-9-14)11-20-16(22)13-4-3-5-15(10-13)23-17(18)19/h3-10,17H,11H2,1-2H3,(H,20,22). The quantitative estimate of drug-likeness (QED) is 0.888. The van der Waals surface area contributed by atoms with Crippen molar-refractivity contribution in [1.82, 2.24) is 5.32 Å². The highest BCUT2D eigenvalue weighted by molar-refractivity contribution is 5.94. The predicted molar refractivity (Wildman–Crippen MR) is 85.0 cm³/mol. The normalized spacial score (nSPS) is 10.5. The first-order chi connectivity index (χ1) is 11.0. The predicted octanol–water partition coefficient (Wildman–Crippen LogP) is 3.28. The fourth-order valence-electron chi connectivity index (χ4n) is 2.01. The summed E-state index contributed by atoms with van der Waals surface area (Å²) in [5.41, 5.74) is 2.29. The Morgan fingerprint density at radius 2 is 1.87 bits per heavy atom. The maximum atomic E-state index is 12.2. The van der Waals surface area contributed by atoms with Crippen LogP contribution in [0.3, 0.4) is 0 Å². The van der Waals surface area contributed by atoms with Gasteiger partial charge < -0.3 is 15.0 Å². The van der Waals surface area contributed by atoms with E-state index in [1.165, 1.54) is 18.2 Å². The molecule has 1 amide bonds. The molecule has 2 aromatic carbocycles. The highest BCUT2D eigenvalue weighted by atomic mass is 19.3. The van der Waals surface area contributed by atoms with Gasteiger partial charge in [-0.2, -0.15) is 8.78 Å². The van der Waals surface area contributed by atoms with Crippen molar-refractivity contribution in [3.8, 4) is 5.75 Å². The van der Waals surface area contributed by atoms with Crippen molar-refractivity contribution in [2.45, 2.75) is 13.2 Å². The first-order valence-corrected chi connectivity index (χ1v) is 7.05. The van der Waals surface area contributed by atoms with E-state index in [9.17, 15) is 13.6 Å². The van der Waals surface area contributed by atoms with Gasteiger partial charge in [0.1, 0.15) is 5.75 Å². The molecule has 4 nitrogen and oxygen atoms in total. The number of ether oxygens (including phenoxy) is 1. The van der Waals surface area contributed by atoms with Crippen molar-refractivity contribution in [2.24, 2.45) is 0 Å². The van der Waals surface area contributed by atoms with Gasteiger partial charge in [0.2, 0.25) is 0 Å². The van der Waals surface area contributed by atoms with E-state index in [0.29, 0.717) is 6.54 Å². The zero-order valence-corrected chi connectivity index (χ0v) is 12.9. The summed E-state index contributed by atoms with van der Waals surface area (Å²) in [5, 5.41) is 2.75. The second kappa shape index (κ2) is 7.58. The SMILES string of the molecule is CN(C)c1ccc(CNC(=O)c2cccc(OC(F)F)c2)cc1. The van der Waals surface area contributed by atoms with E-state index in [0.717, 1.165) is 11.3 Å². The third-order valence-corrected chi connectivity index (χ3v) is 3.23. The van der Waals surface area contributed by atoms with Crippen molar-refractivity contribution in [3.05, 3.63) is 59.7 Å². The number of alkyl halides is 2. The summed E-state index contributed by atoms with van der Waals surface area (Å²) in [6, 6.07) is 13.5. The van der Waals surface area contributed by atoms with Gasteiger partial charge in [0, 0.05) is 31.9 Å². The molecule has 122 valence electrons. The van der Waals surface area contributed by atoms with E-state index in [1.54, 1.807) is 6.07 Å². The summed E-state index contributed by atoms with van der Waals surface area (Å²) in [7, 11) is 3.90. The number of amides is 1. The molecule has 1 N–H and O–H groups in total. The van der Waals surface area contributed by atoms with Gasteiger partial charge >= 0.3 is 6.61 Å². The Bertz CT molecular complexity index is 658. The smallest absolute Gasteiger partial charge is 0.387 e. The largest absolute Gasteiger partial charge is 0.435 e. The second-order valence-electron chi connectivity index (χ2n) is 5.15. The number of nitrogens with zero attached hydrogens (tertiary/aromatic N) is 1.